The molecule has 0 unspecified atom stereocenters. The molecular formula is C16H23NO3. The van der Waals surface area contributed by atoms with E-state index in [0.29, 0.717) is 19.4 Å². The molecule has 0 spiro atoms. The number of nitrogens with zero attached hydrogens (tertiary/aromatic N) is 1. The lowest BCUT2D eigenvalue weighted by Gasteiger charge is -2.39. The van der Waals surface area contributed by atoms with Crippen LogP contribution in [0.2, 0.25) is 0 Å². The summed E-state index contributed by atoms with van der Waals surface area (Å²) < 4.78 is 5.44. The average Bonchev–Trinajstić information content (AvgIpc) is 2.37. The van der Waals surface area contributed by atoms with Crippen molar-refractivity contribution in [3.05, 3.63) is 29.8 Å². The van der Waals surface area contributed by atoms with E-state index in [1.54, 1.807) is 4.90 Å². The molecule has 0 bridgehead atoms. The highest BCUT2D eigenvalue weighted by Crippen LogP contribution is 2.40. The molecule has 4 heteroatoms. The highest BCUT2D eigenvalue weighted by atomic mass is 16.6. The van der Waals surface area contributed by atoms with Crippen molar-refractivity contribution in [3.63, 3.8) is 0 Å². The van der Waals surface area contributed by atoms with Gasteiger partial charge in [-0.05, 0) is 39.7 Å². The van der Waals surface area contributed by atoms with Gasteiger partial charge >= 0.3 is 6.09 Å². The molecule has 1 aromatic carbocycles. The van der Waals surface area contributed by atoms with E-state index in [-0.39, 0.29) is 6.09 Å². The topological polar surface area (TPSA) is 49.8 Å². The Morgan fingerprint density at radius 3 is 2.65 bits per heavy atom. The third kappa shape index (κ3) is 2.80. The number of rotatable bonds is 1. The van der Waals surface area contributed by atoms with Gasteiger partial charge in [0.05, 0.1) is 11.3 Å². The van der Waals surface area contributed by atoms with Crippen LogP contribution in [0.1, 0.15) is 46.1 Å². The van der Waals surface area contributed by atoms with Gasteiger partial charge in [-0.2, -0.15) is 0 Å². The molecule has 0 saturated heterocycles. The molecule has 1 aromatic rings. The molecule has 1 aliphatic heterocycles. The first-order chi connectivity index (χ1) is 9.27. The smallest absolute Gasteiger partial charge is 0.414 e. The number of anilines is 1. The van der Waals surface area contributed by atoms with Gasteiger partial charge in [-0.15, -0.1) is 0 Å². The van der Waals surface area contributed by atoms with Crippen molar-refractivity contribution >= 4 is 11.8 Å². The summed E-state index contributed by atoms with van der Waals surface area (Å²) in [6.45, 7) is 7.98. The number of benzene rings is 1. The molecule has 0 aliphatic carbocycles. The molecular weight excluding hydrogens is 254 g/mol. The fourth-order valence-corrected chi connectivity index (χ4v) is 2.53. The van der Waals surface area contributed by atoms with Crippen molar-refractivity contribution in [2.24, 2.45) is 0 Å². The van der Waals surface area contributed by atoms with Gasteiger partial charge in [0.25, 0.3) is 0 Å². The van der Waals surface area contributed by atoms with Crippen LogP contribution >= 0.6 is 0 Å². The molecule has 0 fully saturated rings. The number of hydrogen-bond acceptors (Lipinski definition) is 3. The average molecular weight is 277 g/mol. The van der Waals surface area contributed by atoms with Crippen molar-refractivity contribution in [3.8, 4) is 0 Å². The van der Waals surface area contributed by atoms with Gasteiger partial charge in [-0.1, -0.05) is 25.1 Å². The summed E-state index contributed by atoms with van der Waals surface area (Å²) in [6.07, 6.45) is 0.800. The van der Waals surface area contributed by atoms with Crippen LogP contribution in [0, 0.1) is 0 Å². The normalized spacial score (nSPS) is 22.4. The first-order valence-corrected chi connectivity index (χ1v) is 7.09. The minimum Gasteiger partial charge on any atom is -0.443 e. The quantitative estimate of drug-likeness (QED) is 0.855. The second-order valence-corrected chi connectivity index (χ2v) is 6.28. The van der Waals surface area contributed by atoms with Gasteiger partial charge in [-0.25, -0.2) is 4.79 Å². The number of para-hydroxylation sites is 1. The van der Waals surface area contributed by atoms with E-state index < -0.39 is 11.2 Å². The first-order valence-electron chi connectivity index (χ1n) is 7.09. The zero-order chi connectivity index (χ0) is 15.0. The summed E-state index contributed by atoms with van der Waals surface area (Å²) in [5.41, 5.74) is 0.177. The van der Waals surface area contributed by atoms with E-state index in [1.807, 2.05) is 52.0 Å². The molecule has 1 atom stereocenters. The Morgan fingerprint density at radius 2 is 2.05 bits per heavy atom. The van der Waals surface area contributed by atoms with Crippen molar-refractivity contribution in [1.82, 2.24) is 0 Å². The van der Waals surface area contributed by atoms with Crippen LogP contribution in [0.4, 0.5) is 10.5 Å². The summed E-state index contributed by atoms with van der Waals surface area (Å²) >= 11 is 0. The third-order valence-electron chi connectivity index (χ3n) is 3.64. The largest absolute Gasteiger partial charge is 0.443 e. The number of amides is 1. The van der Waals surface area contributed by atoms with Crippen LogP contribution in [0.5, 0.6) is 0 Å². The number of ether oxygens (including phenoxy) is 1. The van der Waals surface area contributed by atoms with E-state index in [9.17, 15) is 9.90 Å². The van der Waals surface area contributed by atoms with E-state index in [1.165, 1.54) is 0 Å². The van der Waals surface area contributed by atoms with Crippen molar-refractivity contribution in [1.29, 1.82) is 0 Å². The van der Waals surface area contributed by atoms with Crippen molar-refractivity contribution < 1.29 is 14.6 Å². The second kappa shape index (κ2) is 5.09. The molecule has 0 radical (unpaired) electrons. The Labute approximate surface area is 120 Å². The highest BCUT2D eigenvalue weighted by molar-refractivity contribution is 5.89. The Balaban J connectivity index is 2.35. The molecule has 1 N–H and O–H groups in total. The minimum atomic E-state index is -0.852. The number of fused-ring (bicyclic) bond motifs is 1. The van der Waals surface area contributed by atoms with E-state index in [0.717, 1.165) is 11.3 Å². The first kappa shape index (κ1) is 14.9. The molecule has 0 saturated carbocycles. The Morgan fingerprint density at radius 1 is 1.40 bits per heavy atom. The fraction of sp³-hybridized carbons (Fsp3) is 0.562. The van der Waals surface area contributed by atoms with E-state index in [2.05, 4.69) is 0 Å². The molecule has 1 aliphatic rings. The summed E-state index contributed by atoms with van der Waals surface area (Å²) in [4.78, 5) is 13.9. The number of carbonyl (C=O) groups is 1. The fourth-order valence-electron chi connectivity index (χ4n) is 2.53. The molecule has 1 heterocycles. The van der Waals surface area contributed by atoms with Gasteiger partial charge in [0.15, 0.2) is 0 Å². The number of carbonyl (C=O) groups excluding carboxylic acids is 1. The van der Waals surface area contributed by atoms with E-state index >= 15 is 0 Å². The lowest BCUT2D eigenvalue weighted by Crippen LogP contribution is -2.45. The van der Waals surface area contributed by atoms with Gasteiger partial charge in [0.2, 0.25) is 0 Å². The van der Waals surface area contributed by atoms with Crippen LogP contribution in [0.25, 0.3) is 0 Å². The van der Waals surface area contributed by atoms with Crippen molar-refractivity contribution in [2.75, 3.05) is 11.4 Å². The lowest BCUT2D eigenvalue weighted by atomic mass is 9.83. The van der Waals surface area contributed by atoms with Crippen LogP contribution < -0.4 is 4.90 Å². The van der Waals surface area contributed by atoms with Gasteiger partial charge in [0.1, 0.15) is 5.60 Å². The predicted molar refractivity (Wildman–Crippen MR) is 78.8 cm³/mol. The van der Waals surface area contributed by atoms with E-state index in [4.69, 9.17) is 4.74 Å². The van der Waals surface area contributed by atoms with Gasteiger partial charge < -0.3 is 9.84 Å². The maximum atomic E-state index is 12.3. The van der Waals surface area contributed by atoms with Crippen LogP contribution in [-0.2, 0) is 10.3 Å². The van der Waals surface area contributed by atoms with Crippen LogP contribution in [0.3, 0.4) is 0 Å². The standard InChI is InChI=1S/C16H23NO3/c1-5-16(19)10-11-17(14(18)20-15(2,3)4)13-9-7-6-8-12(13)16/h6-9,19H,5,10-11H2,1-4H3/t16-/m1/s1. The Kier molecular flexibility index (Phi) is 3.78. The molecule has 2 rings (SSSR count). The highest BCUT2D eigenvalue weighted by Gasteiger charge is 2.38. The maximum absolute atomic E-state index is 12.3. The van der Waals surface area contributed by atoms with Crippen LogP contribution in [-0.4, -0.2) is 23.3 Å². The minimum absolute atomic E-state index is 0.358. The number of aliphatic hydroxyl groups is 1. The van der Waals surface area contributed by atoms with Crippen molar-refractivity contribution in [2.45, 2.75) is 51.7 Å². The Hall–Kier alpha value is -1.55. The van der Waals surface area contributed by atoms with Gasteiger partial charge in [-0.3, -0.25) is 4.90 Å². The molecule has 110 valence electrons. The predicted octanol–water partition coefficient (Wildman–Crippen LogP) is 3.43. The maximum Gasteiger partial charge on any atom is 0.414 e. The summed E-state index contributed by atoms with van der Waals surface area (Å²) in [6, 6.07) is 7.50. The zero-order valence-corrected chi connectivity index (χ0v) is 12.6. The second-order valence-electron chi connectivity index (χ2n) is 6.28. The molecule has 4 nitrogen and oxygen atoms in total. The summed E-state index contributed by atoms with van der Waals surface area (Å²) in [7, 11) is 0. The third-order valence-corrected chi connectivity index (χ3v) is 3.64. The Bertz CT molecular complexity index is 507. The zero-order valence-electron chi connectivity index (χ0n) is 12.6. The summed E-state index contributed by atoms with van der Waals surface area (Å²) in [5.74, 6) is 0. The van der Waals surface area contributed by atoms with Crippen LogP contribution in [0.15, 0.2) is 24.3 Å². The molecule has 1 amide bonds. The molecule has 20 heavy (non-hydrogen) atoms. The monoisotopic (exact) mass is 277 g/mol. The summed E-state index contributed by atoms with van der Waals surface area (Å²) in [5, 5.41) is 10.7. The molecule has 0 aromatic heterocycles. The van der Waals surface area contributed by atoms with Gasteiger partial charge in [0, 0.05) is 12.1 Å². The SMILES string of the molecule is CC[C@@]1(O)CCN(C(=O)OC(C)(C)C)c2ccccc21. The number of hydrogen-bond donors (Lipinski definition) is 1. The lowest BCUT2D eigenvalue weighted by molar-refractivity contribution is 0.0183.